The standard InChI is InChI=1S/C19H34N2/c1-13(7-18-5-3-2-4-6-20-18)21-19-16-9-14-8-15(11-16)12-17(19)10-14/h13-21H,2-12H2,1H3. The summed E-state index contributed by atoms with van der Waals surface area (Å²) in [6, 6.07) is 2.33. The molecular weight excluding hydrogens is 256 g/mol. The van der Waals surface area contributed by atoms with E-state index in [1.54, 1.807) is 32.1 Å². The highest BCUT2D eigenvalue weighted by molar-refractivity contribution is 5.02. The fourth-order valence-electron chi connectivity index (χ4n) is 6.32. The molecule has 2 unspecified atom stereocenters. The van der Waals surface area contributed by atoms with Crippen molar-refractivity contribution in [2.75, 3.05) is 6.54 Å². The van der Waals surface area contributed by atoms with Crippen LogP contribution in [0.5, 0.6) is 0 Å². The second-order valence-electron chi connectivity index (χ2n) is 8.76. The lowest BCUT2D eigenvalue weighted by Crippen LogP contribution is -2.56. The maximum atomic E-state index is 4.09. The Kier molecular flexibility index (Phi) is 4.28. The van der Waals surface area contributed by atoms with Gasteiger partial charge in [-0.2, -0.15) is 0 Å². The van der Waals surface area contributed by atoms with Gasteiger partial charge in [-0.15, -0.1) is 0 Å². The van der Waals surface area contributed by atoms with Crippen molar-refractivity contribution in [1.82, 2.24) is 10.6 Å². The summed E-state index contributed by atoms with van der Waals surface area (Å²) in [6.45, 7) is 3.69. The summed E-state index contributed by atoms with van der Waals surface area (Å²) in [4.78, 5) is 0. The average Bonchev–Trinajstić information content (AvgIpc) is 2.70. The molecule has 21 heavy (non-hydrogen) atoms. The van der Waals surface area contributed by atoms with Crippen molar-refractivity contribution in [3.05, 3.63) is 0 Å². The van der Waals surface area contributed by atoms with Crippen LogP contribution in [0.3, 0.4) is 0 Å². The molecule has 1 aliphatic heterocycles. The third kappa shape index (κ3) is 3.17. The van der Waals surface area contributed by atoms with Crippen LogP contribution in [0.1, 0.15) is 71.1 Å². The molecule has 5 aliphatic rings. The van der Waals surface area contributed by atoms with E-state index in [0.29, 0.717) is 6.04 Å². The fraction of sp³-hybridized carbons (Fsp3) is 1.00. The zero-order valence-electron chi connectivity index (χ0n) is 13.8. The molecule has 5 fully saturated rings. The maximum Gasteiger partial charge on any atom is 0.0126 e. The fourth-order valence-corrected chi connectivity index (χ4v) is 6.32. The monoisotopic (exact) mass is 290 g/mol. The highest BCUT2D eigenvalue weighted by atomic mass is 15.0. The third-order valence-electron chi connectivity index (χ3n) is 7.00. The van der Waals surface area contributed by atoms with E-state index in [-0.39, 0.29) is 0 Å². The Bertz CT molecular complexity index is 317. The zero-order valence-corrected chi connectivity index (χ0v) is 13.8. The first kappa shape index (κ1) is 14.5. The Morgan fingerprint density at radius 3 is 2.38 bits per heavy atom. The average molecular weight is 290 g/mol. The van der Waals surface area contributed by atoms with Crippen LogP contribution < -0.4 is 10.6 Å². The summed E-state index contributed by atoms with van der Waals surface area (Å²) >= 11 is 0. The second-order valence-corrected chi connectivity index (χ2v) is 8.76. The molecule has 2 nitrogen and oxygen atoms in total. The number of nitrogens with one attached hydrogen (secondary N) is 2. The van der Waals surface area contributed by atoms with Gasteiger partial charge in [0.2, 0.25) is 0 Å². The van der Waals surface area contributed by atoms with Gasteiger partial charge < -0.3 is 10.6 Å². The molecule has 2 N–H and O–H groups in total. The van der Waals surface area contributed by atoms with Crippen molar-refractivity contribution in [2.24, 2.45) is 23.7 Å². The first-order chi connectivity index (χ1) is 10.3. The lowest BCUT2D eigenvalue weighted by molar-refractivity contribution is -0.0176. The van der Waals surface area contributed by atoms with Gasteiger partial charge in [0.05, 0.1) is 0 Å². The van der Waals surface area contributed by atoms with E-state index in [2.05, 4.69) is 17.6 Å². The molecule has 2 atom stereocenters. The van der Waals surface area contributed by atoms with Crippen molar-refractivity contribution >= 4 is 0 Å². The van der Waals surface area contributed by atoms with Crippen molar-refractivity contribution in [3.63, 3.8) is 0 Å². The highest BCUT2D eigenvalue weighted by Crippen LogP contribution is 2.53. The molecule has 0 aromatic rings. The number of rotatable bonds is 4. The molecule has 0 radical (unpaired) electrons. The molecule has 4 aliphatic carbocycles. The van der Waals surface area contributed by atoms with Crippen molar-refractivity contribution in [3.8, 4) is 0 Å². The molecule has 2 heteroatoms. The van der Waals surface area contributed by atoms with E-state index >= 15 is 0 Å². The van der Waals surface area contributed by atoms with E-state index in [1.807, 2.05) is 0 Å². The molecule has 0 spiro atoms. The van der Waals surface area contributed by atoms with Gasteiger partial charge in [-0.1, -0.05) is 12.8 Å². The van der Waals surface area contributed by atoms with Gasteiger partial charge in [0.25, 0.3) is 0 Å². The largest absolute Gasteiger partial charge is 0.314 e. The lowest BCUT2D eigenvalue weighted by Gasteiger charge is -2.55. The van der Waals surface area contributed by atoms with E-state index in [4.69, 9.17) is 0 Å². The molecule has 0 amide bonds. The summed E-state index contributed by atoms with van der Waals surface area (Å²) in [5, 5.41) is 7.86. The van der Waals surface area contributed by atoms with E-state index in [1.165, 1.54) is 38.6 Å². The van der Waals surface area contributed by atoms with Gasteiger partial charge in [0.1, 0.15) is 0 Å². The van der Waals surface area contributed by atoms with Gasteiger partial charge in [-0.25, -0.2) is 0 Å². The molecule has 4 bridgehead atoms. The molecular formula is C19H34N2. The predicted molar refractivity (Wildman–Crippen MR) is 88.3 cm³/mol. The Balaban J connectivity index is 1.31. The van der Waals surface area contributed by atoms with Crippen LogP contribution in [0, 0.1) is 23.7 Å². The van der Waals surface area contributed by atoms with Gasteiger partial charge in [0, 0.05) is 18.1 Å². The minimum atomic E-state index is 0.697. The van der Waals surface area contributed by atoms with Crippen LogP contribution >= 0.6 is 0 Å². The molecule has 120 valence electrons. The highest BCUT2D eigenvalue weighted by Gasteiger charge is 2.48. The lowest BCUT2D eigenvalue weighted by atomic mass is 9.54. The molecule has 5 rings (SSSR count). The maximum absolute atomic E-state index is 4.09. The van der Waals surface area contributed by atoms with E-state index in [0.717, 1.165) is 35.8 Å². The Labute approximate surface area is 130 Å². The first-order valence-electron chi connectivity index (χ1n) is 9.77. The van der Waals surface area contributed by atoms with Crippen molar-refractivity contribution in [2.45, 2.75) is 89.3 Å². The van der Waals surface area contributed by atoms with Gasteiger partial charge in [0.15, 0.2) is 0 Å². The quantitative estimate of drug-likeness (QED) is 0.825. The Morgan fingerprint density at radius 2 is 1.67 bits per heavy atom. The van der Waals surface area contributed by atoms with Crippen LogP contribution in [-0.4, -0.2) is 24.7 Å². The normalized spacial score (nSPS) is 47.3. The van der Waals surface area contributed by atoms with Gasteiger partial charge in [-0.05, 0) is 88.5 Å². The van der Waals surface area contributed by atoms with E-state index < -0.39 is 0 Å². The smallest absolute Gasteiger partial charge is 0.0126 e. The minimum absolute atomic E-state index is 0.697. The van der Waals surface area contributed by atoms with Gasteiger partial charge in [-0.3, -0.25) is 0 Å². The summed E-state index contributed by atoms with van der Waals surface area (Å²) in [6.07, 6.45) is 14.7. The summed E-state index contributed by atoms with van der Waals surface area (Å²) in [5.41, 5.74) is 0. The van der Waals surface area contributed by atoms with Crippen LogP contribution in [0.25, 0.3) is 0 Å². The summed E-state index contributed by atoms with van der Waals surface area (Å²) in [5.74, 6) is 4.24. The summed E-state index contributed by atoms with van der Waals surface area (Å²) in [7, 11) is 0. The first-order valence-corrected chi connectivity index (χ1v) is 9.77. The molecule has 1 heterocycles. The van der Waals surface area contributed by atoms with Crippen molar-refractivity contribution in [1.29, 1.82) is 0 Å². The van der Waals surface area contributed by atoms with Crippen LogP contribution in [0.2, 0.25) is 0 Å². The van der Waals surface area contributed by atoms with E-state index in [9.17, 15) is 0 Å². The SMILES string of the molecule is CC(CC1CCCCCN1)NC1C2CC3CC(C2)CC1C3. The summed E-state index contributed by atoms with van der Waals surface area (Å²) < 4.78 is 0. The molecule has 0 aromatic carbocycles. The molecule has 0 aromatic heterocycles. The third-order valence-corrected chi connectivity index (χ3v) is 7.00. The topological polar surface area (TPSA) is 24.1 Å². The van der Waals surface area contributed by atoms with Crippen LogP contribution in [-0.2, 0) is 0 Å². The molecule has 4 saturated carbocycles. The Morgan fingerprint density at radius 1 is 0.952 bits per heavy atom. The number of hydrogen-bond donors (Lipinski definition) is 2. The van der Waals surface area contributed by atoms with Crippen LogP contribution in [0.4, 0.5) is 0 Å². The molecule has 1 saturated heterocycles. The minimum Gasteiger partial charge on any atom is -0.314 e. The zero-order chi connectivity index (χ0) is 14.2. The number of hydrogen-bond acceptors (Lipinski definition) is 2. The van der Waals surface area contributed by atoms with Gasteiger partial charge >= 0.3 is 0 Å². The van der Waals surface area contributed by atoms with Crippen molar-refractivity contribution < 1.29 is 0 Å². The predicted octanol–water partition coefficient (Wildman–Crippen LogP) is 3.71. The Hall–Kier alpha value is -0.0800. The second kappa shape index (κ2) is 6.20. The van der Waals surface area contributed by atoms with Crippen LogP contribution in [0.15, 0.2) is 0 Å².